The summed E-state index contributed by atoms with van der Waals surface area (Å²) in [6.07, 6.45) is 0.378. The minimum absolute atomic E-state index is 0.0536. The largest absolute Gasteiger partial charge is 0.416 e. The fourth-order valence-electron chi connectivity index (χ4n) is 3.37. The van der Waals surface area contributed by atoms with Gasteiger partial charge in [-0.15, -0.1) is 11.3 Å². The molecule has 1 fully saturated rings. The van der Waals surface area contributed by atoms with Gasteiger partial charge in [-0.2, -0.15) is 13.2 Å². The van der Waals surface area contributed by atoms with Gasteiger partial charge < -0.3 is 4.90 Å². The van der Waals surface area contributed by atoms with E-state index < -0.39 is 11.7 Å². The maximum absolute atomic E-state index is 12.7. The van der Waals surface area contributed by atoms with E-state index in [0.29, 0.717) is 12.1 Å². The van der Waals surface area contributed by atoms with E-state index in [1.807, 2.05) is 24.3 Å². The molecule has 0 N–H and O–H groups in total. The lowest BCUT2D eigenvalue weighted by atomic mass is 10.1. The molecule has 1 aliphatic rings. The molecule has 28 heavy (non-hydrogen) atoms. The molecule has 1 amide bonds. The summed E-state index contributed by atoms with van der Waals surface area (Å²) in [5, 5.41) is 0.926. The van der Waals surface area contributed by atoms with Gasteiger partial charge in [-0.1, -0.05) is 24.3 Å². The zero-order valence-corrected chi connectivity index (χ0v) is 15.6. The van der Waals surface area contributed by atoms with Crippen LogP contribution >= 0.6 is 11.3 Å². The zero-order valence-electron chi connectivity index (χ0n) is 14.8. The van der Waals surface area contributed by atoms with Crippen molar-refractivity contribution in [1.82, 2.24) is 9.88 Å². The molecule has 1 unspecified atom stereocenters. The average Bonchev–Trinajstić information content (AvgIpc) is 3.32. The van der Waals surface area contributed by atoms with Crippen LogP contribution < -0.4 is 0 Å². The van der Waals surface area contributed by atoms with Gasteiger partial charge in [-0.25, -0.2) is 4.98 Å². The highest BCUT2D eigenvalue weighted by molar-refractivity contribution is 7.18. The average molecular weight is 402 g/mol. The van der Waals surface area contributed by atoms with Gasteiger partial charge in [0.1, 0.15) is 5.01 Å². The fraction of sp³-hybridized carbons (Fsp3) is 0.238. The van der Waals surface area contributed by atoms with E-state index in [1.165, 1.54) is 18.2 Å². The van der Waals surface area contributed by atoms with E-state index in [1.54, 1.807) is 22.3 Å². The first-order chi connectivity index (χ1) is 13.4. The third kappa shape index (κ3) is 3.80. The molecule has 2 aromatic carbocycles. The number of fused-ring (bicyclic) bond motifs is 1. The quantitative estimate of drug-likeness (QED) is 0.527. The molecule has 4 rings (SSSR count). The summed E-state index contributed by atoms with van der Waals surface area (Å²) in [5.74, 6) is -0.151. The molecule has 0 aliphatic carbocycles. The molecule has 0 radical (unpaired) electrons. The molecule has 3 nitrogen and oxygen atoms in total. The Balaban J connectivity index is 1.49. The molecule has 2 heterocycles. The van der Waals surface area contributed by atoms with E-state index in [9.17, 15) is 18.0 Å². The van der Waals surface area contributed by atoms with Crippen LogP contribution in [0.2, 0.25) is 0 Å². The number of alkyl halides is 3. The lowest BCUT2D eigenvalue weighted by Crippen LogP contribution is -2.28. The third-order valence-electron chi connectivity index (χ3n) is 4.79. The number of likely N-dealkylation sites (tertiary alicyclic amines) is 1. The first kappa shape index (κ1) is 18.7. The van der Waals surface area contributed by atoms with Crippen molar-refractivity contribution in [2.45, 2.75) is 25.1 Å². The number of para-hydroxylation sites is 1. The number of amides is 1. The predicted octanol–water partition coefficient (Wildman–Crippen LogP) is 5.69. The monoisotopic (exact) mass is 402 g/mol. The summed E-state index contributed by atoms with van der Waals surface area (Å²) in [6.45, 7) is 0.650. The number of benzene rings is 2. The van der Waals surface area contributed by atoms with Gasteiger partial charge in [-0.05, 0) is 48.7 Å². The van der Waals surface area contributed by atoms with Crippen LogP contribution in [0, 0.1) is 0 Å². The molecular formula is C21H17F3N2OS. The summed E-state index contributed by atoms with van der Waals surface area (Å²) in [7, 11) is 0. The van der Waals surface area contributed by atoms with Crippen LogP contribution in [-0.4, -0.2) is 22.3 Å². The fourth-order valence-corrected chi connectivity index (χ4v) is 4.48. The van der Waals surface area contributed by atoms with E-state index in [0.717, 1.165) is 40.2 Å². The standard InChI is InChI=1S/C21H17F3N2OS/c22-21(23,24)15-10-7-14(8-11-15)9-12-19(27)26-13-3-5-17(26)20-25-16-4-1-2-6-18(16)28-20/h1-2,4,6-12,17H,3,5,13H2/b12-9+. The first-order valence-electron chi connectivity index (χ1n) is 8.93. The van der Waals surface area contributed by atoms with Gasteiger partial charge >= 0.3 is 6.18 Å². The highest BCUT2D eigenvalue weighted by Crippen LogP contribution is 2.36. The van der Waals surface area contributed by atoms with Gasteiger partial charge in [0.25, 0.3) is 0 Å². The maximum Gasteiger partial charge on any atom is 0.416 e. The maximum atomic E-state index is 12.7. The van der Waals surface area contributed by atoms with E-state index in [-0.39, 0.29) is 11.9 Å². The molecule has 1 aliphatic heterocycles. The van der Waals surface area contributed by atoms with Crippen molar-refractivity contribution in [1.29, 1.82) is 0 Å². The van der Waals surface area contributed by atoms with Crippen LogP contribution in [0.25, 0.3) is 16.3 Å². The van der Waals surface area contributed by atoms with Crippen molar-refractivity contribution in [2.24, 2.45) is 0 Å². The number of rotatable bonds is 3. The van der Waals surface area contributed by atoms with Gasteiger partial charge in [0, 0.05) is 12.6 Å². The van der Waals surface area contributed by atoms with E-state index in [4.69, 9.17) is 0 Å². The summed E-state index contributed by atoms with van der Waals surface area (Å²) in [6, 6.07) is 12.6. The SMILES string of the molecule is O=C(/C=C/c1ccc(C(F)(F)F)cc1)N1CCCC1c1nc2ccccc2s1. The Bertz CT molecular complexity index is 991. The number of hydrogen-bond donors (Lipinski definition) is 0. The Morgan fingerprint density at radius 3 is 2.61 bits per heavy atom. The Hall–Kier alpha value is -2.67. The molecule has 1 aromatic heterocycles. The Morgan fingerprint density at radius 2 is 1.89 bits per heavy atom. The summed E-state index contributed by atoms with van der Waals surface area (Å²) in [5.41, 5.74) is 0.783. The second kappa shape index (κ2) is 7.39. The number of halogens is 3. The third-order valence-corrected chi connectivity index (χ3v) is 5.93. The van der Waals surface area contributed by atoms with Crippen LogP contribution in [0.15, 0.2) is 54.6 Å². The topological polar surface area (TPSA) is 33.2 Å². The van der Waals surface area contributed by atoms with Gasteiger partial charge in [-0.3, -0.25) is 4.79 Å². The Kier molecular flexibility index (Phi) is 4.93. The summed E-state index contributed by atoms with van der Waals surface area (Å²) in [4.78, 5) is 19.1. The predicted molar refractivity (Wildman–Crippen MR) is 104 cm³/mol. The Morgan fingerprint density at radius 1 is 1.14 bits per heavy atom. The highest BCUT2D eigenvalue weighted by atomic mass is 32.1. The Labute approximate surface area is 164 Å². The minimum atomic E-state index is -4.36. The molecule has 1 saturated heterocycles. The first-order valence-corrected chi connectivity index (χ1v) is 9.75. The normalized spacial score (nSPS) is 17.7. The lowest BCUT2D eigenvalue weighted by Gasteiger charge is -2.21. The van der Waals surface area contributed by atoms with Crippen molar-refractivity contribution in [3.8, 4) is 0 Å². The van der Waals surface area contributed by atoms with Crippen molar-refractivity contribution < 1.29 is 18.0 Å². The van der Waals surface area contributed by atoms with E-state index in [2.05, 4.69) is 4.98 Å². The molecule has 0 spiro atoms. The van der Waals surface area contributed by atoms with Crippen LogP contribution in [-0.2, 0) is 11.0 Å². The van der Waals surface area contributed by atoms with Crippen LogP contribution in [0.4, 0.5) is 13.2 Å². The molecule has 144 valence electrons. The lowest BCUT2D eigenvalue weighted by molar-refractivity contribution is -0.137. The second-order valence-electron chi connectivity index (χ2n) is 6.66. The van der Waals surface area contributed by atoms with Gasteiger partial charge in [0.15, 0.2) is 0 Å². The van der Waals surface area contributed by atoms with Gasteiger partial charge in [0.2, 0.25) is 5.91 Å². The van der Waals surface area contributed by atoms with Crippen molar-refractivity contribution >= 4 is 33.5 Å². The summed E-state index contributed by atoms with van der Waals surface area (Å²) >= 11 is 1.60. The van der Waals surface area contributed by atoms with Crippen LogP contribution in [0.3, 0.4) is 0 Å². The van der Waals surface area contributed by atoms with Crippen LogP contribution in [0.5, 0.6) is 0 Å². The van der Waals surface area contributed by atoms with Crippen LogP contribution in [0.1, 0.15) is 35.0 Å². The number of hydrogen-bond acceptors (Lipinski definition) is 3. The number of nitrogens with zero attached hydrogens (tertiary/aromatic N) is 2. The van der Waals surface area contributed by atoms with Crippen molar-refractivity contribution in [3.05, 3.63) is 70.7 Å². The molecule has 1 atom stereocenters. The van der Waals surface area contributed by atoms with Crippen molar-refractivity contribution in [2.75, 3.05) is 6.54 Å². The molecule has 7 heteroatoms. The minimum Gasteiger partial charge on any atom is -0.330 e. The number of thiazole rings is 1. The smallest absolute Gasteiger partial charge is 0.330 e. The molecule has 3 aromatic rings. The number of carbonyl (C=O) groups is 1. The number of aromatic nitrogens is 1. The molecule has 0 saturated carbocycles. The van der Waals surface area contributed by atoms with Gasteiger partial charge in [0.05, 0.1) is 21.8 Å². The number of carbonyl (C=O) groups excluding carboxylic acids is 1. The van der Waals surface area contributed by atoms with Crippen molar-refractivity contribution in [3.63, 3.8) is 0 Å². The van der Waals surface area contributed by atoms with E-state index >= 15 is 0 Å². The zero-order chi connectivity index (χ0) is 19.7. The summed E-state index contributed by atoms with van der Waals surface area (Å²) < 4.78 is 39.0. The second-order valence-corrected chi connectivity index (χ2v) is 7.72. The highest BCUT2D eigenvalue weighted by Gasteiger charge is 2.31. The molecule has 0 bridgehead atoms. The molecular weight excluding hydrogens is 385 g/mol.